The molecule has 3 aliphatic rings. The lowest BCUT2D eigenvalue weighted by Gasteiger charge is -2.31. The average Bonchev–Trinajstić information content (AvgIpc) is 3.84. The van der Waals surface area contributed by atoms with Crippen LogP contribution in [0.15, 0.2) is 237 Å². The van der Waals surface area contributed by atoms with Crippen molar-refractivity contribution in [3.8, 4) is 78.6 Å². The summed E-state index contributed by atoms with van der Waals surface area (Å²) in [5.74, 6) is 2.85. The Morgan fingerprint density at radius 2 is 0.828 bits per heavy atom. The van der Waals surface area contributed by atoms with Gasteiger partial charge in [-0.15, -0.1) is 0 Å². The van der Waals surface area contributed by atoms with Gasteiger partial charge in [-0.1, -0.05) is 194 Å². The molecule has 3 nitrogen and oxygen atoms in total. The minimum Gasteiger partial charge on any atom is -0.449 e. The van der Waals surface area contributed by atoms with Crippen molar-refractivity contribution in [2.75, 3.05) is 4.90 Å². The molecule has 0 amide bonds. The summed E-state index contributed by atoms with van der Waals surface area (Å²) in [7, 11) is 0. The van der Waals surface area contributed by atoms with Crippen molar-refractivity contribution < 1.29 is 9.47 Å². The van der Waals surface area contributed by atoms with Crippen LogP contribution < -0.4 is 14.4 Å². The summed E-state index contributed by atoms with van der Waals surface area (Å²) in [6.07, 6.45) is 0. The van der Waals surface area contributed by atoms with E-state index in [-0.39, 0.29) is 0 Å². The van der Waals surface area contributed by atoms with Crippen molar-refractivity contribution in [2.45, 2.75) is 5.41 Å². The number of rotatable bonds is 6. The Labute approximate surface area is 372 Å². The fourth-order valence-electron chi connectivity index (χ4n) is 10.7. The molecule has 1 heterocycles. The average molecular weight is 818 g/mol. The van der Waals surface area contributed by atoms with Crippen LogP contribution in [0.5, 0.6) is 23.0 Å². The first-order valence-corrected chi connectivity index (χ1v) is 21.9. The SMILES string of the molecule is c1ccc(-c2ccc(N(c3cccc(-c4cccc5c4Oc4c(ccc6c4-c4ccccc4C64c6ccccc6-c6ccccc64)O5)c3)c3ccccc3-c3ccccc3)cc2)cc1. The normalized spacial score (nSPS) is 13.1. The summed E-state index contributed by atoms with van der Waals surface area (Å²) in [5.41, 5.74) is 19.2. The molecule has 0 fully saturated rings. The quantitative estimate of drug-likeness (QED) is 0.167. The number of nitrogens with zero attached hydrogens (tertiary/aromatic N) is 1. The van der Waals surface area contributed by atoms with Gasteiger partial charge in [-0.25, -0.2) is 0 Å². The van der Waals surface area contributed by atoms with Gasteiger partial charge in [-0.3, -0.25) is 0 Å². The minimum absolute atomic E-state index is 0.482. The largest absolute Gasteiger partial charge is 0.449 e. The van der Waals surface area contributed by atoms with Crippen molar-refractivity contribution >= 4 is 17.1 Å². The monoisotopic (exact) mass is 817 g/mol. The van der Waals surface area contributed by atoms with Gasteiger partial charge in [-0.05, 0) is 104 Å². The Morgan fingerprint density at radius 3 is 1.55 bits per heavy atom. The summed E-state index contributed by atoms with van der Waals surface area (Å²) in [6, 6.07) is 84.7. The Hall–Kier alpha value is -8.40. The zero-order valence-corrected chi connectivity index (χ0v) is 34.8. The van der Waals surface area contributed by atoms with Gasteiger partial charge in [0, 0.05) is 28.1 Å². The Bertz CT molecular complexity index is 3400. The van der Waals surface area contributed by atoms with Crippen LogP contribution in [0.3, 0.4) is 0 Å². The number of ether oxygens (including phenoxy) is 2. The second-order valence-corrected chi connectivity index (χ2v) is 16.7. The van der Waals surface area contributed by atoms with Crippen molar-refractivity contribution in [3.63, 3.8) is 0 Å². The van der Waals surface area contributed by atoms with Gasteiger partial charge in [0.2, 0.25) is 0 Å². The molecule has 0 N–H and O–H groups in total. The molecule has 300 valence electrons. The highest BCUT2D eigenvalue weighted by Crippen LogP contribution is 2.66. The molecule has 0 atom stereocenters. The van der Waals surface area contributed by atoms with Crippen LogP contribution in [-0.2, 0) is 5.41 Å². The molecule has 10 aromatic carbocycles. The van der Waals surface area contributed by atoms with E-state index in [0.29, 0.717) is 17.2 Å². The van der Waals surface area contributed by atoms with E-state index in [1.165, 1.54) is 50.1 Å². The molecule has 13 rings (SSSR count). The molecule has 0 bridgehead atoms. The molecule has 0 aromatic heterocycles. The van der Waals surface area contributed by atoms with E-state index in [2.05, 4.69) is 235 Å². The lowest BCUT2D eigenvalue weighted by molar-refractivity contribution is 0.361. The van der Waals surface area contributed by atoms with E-state index in [9.17, 15) is 0 Å². The van der Waals surface area contributed by atoms with Crippen molar-refractivity contribution in [1.29, 1.82) is 0 Å². The molecule has 2 aliphatic carbocycles. The standard InChI is InChI=1S/C61H39NO2/c1-3-17-40(18-4-1)41-33-35-44(36-34-41)62(55-31-14-10-23-46(55)42-19-5-2-6-20-42)45-22-15-21-43(39-45)47-27-16-32-56-59(47)64-60-57(63-56)38-37-54-58(60)50-26-9-13-30-53(50)61(54)51-28-11-7-24-48(51)49-25-8-12-29-52(49)61/h1-39H. The maximum atomic E-state index is 7.30. The Kier molecular flexibility index (Phi) is 8.13. The Morgan fingerprint density at radius 1 is 0.297 bits per heavy atom. The number of para-hydroxylation sites is 2. The van der Waals surface area contributed by atoms with E-state index in [1.54, 1.807) is 0 Å². The van der Waals surface area contributed by atoms with Crippen LogP contribution in [0.4, 0.5) is 17.1 Å². The summed E-state index contributed by atoms with van der Waals surface area (Å²) >= 11 is 0. The summed E-state index contributed by atoms with van der Waals surface area (Å²) < 4.78 is 14.2. The summed E-state index contributed by atoms with van der Waals surface area (Å²) in [5, 5.41) is 0. The number of fused-ring (bicyclic) bond motifs is 13. The highest BCUT2D eigenvalue weighted by Gasteiger charge is 2.53. The van der Waals surface area contributed by atoms with E-state index in [0.717, 1.165) is 50.6 Å². The highest BCUT2D eigenvalue weighted by atomic mass is 16.6. The van der Waals surface area contributed by atoms with Crippen molar-refractivity contribution in [3.05, 3.63) is 259 Å². The molecule has 64 heavy (non-hydrogen) atoms. The molecule has 1 spiro atoms. The summed E-state index contributed by atoms with van der Waals surface area (Å²) in [4.78, 5) is 2.36. The minimum atomic E-state index is -0.482. The van der Waals surface area contributed by atoms with Crippen LogP contribution in [0.1, 0.15) is 22.3 Å². The highest BCUT2D eigenvalue weighted by molar-refractivity contribution is 5.98. The number of hydrogen-bond donors (Lipinski definition) is 0. The van der Waals surface area contributed by atoms with Gasteiger partial charge >= 0.3 is 0 Å². The van der Waals surface area contributed by atoms with Crippen LogP contribution in [0, 0.1) is 0 Å². The van der Waals surface area contributed by atoms with Crippen LogP contribution in [0.25, 0.3) is 55.6 Å². The first-order chi connectivity index (χ1) is 31.8. The van der Waals surface area contributed by atoms with Gasteiger partial charge in [0.25, 0.3) is 0 Å². The first kappa shape index (κ1) is 36.3. The van der Waals surface area contributed by atoms with E-state index in [1.807, 2.05) is 6.07 Å². The van der Waals surface area contributed by atoms with Gasteiger partial charge in [0.05, 0.1) is 11.1 Å². The van der Waals surface area contributed by atoms with Crippen LogP contribution >= 0.6 is 0 Å². The maximum Gasteiger partial charge on any atom is 0.178 e. The van der Waals surface area contributed by atoms with Crippen molar-refractivity contribution in [2.24, 2.45) is 0 Å². The molecule has 3 heteroatoms. The predicted molar refractivity (Wildman–Crippen MR) is 260 cm³/mol. The molecule has 10 aromatic rings. The van der Waals surface area contributed by atoms with E-state index in [4.69, 9.17) is 9.47 Å². The lowest BCUT2D eigenvalue weighted by atomic mass is 9.70. The smallest absolute Gasteiger partial charge is 0.178 e. The molecule has 0 radical (unpaired) electrons. The maximum absolute atomic E-state index is 7.30. The van der Waals surface area contributed by atoms with Gasteiger partial charge in [-0.2, -0.15) is 0 Å². The van der Waals surface area contributed by atoms with Crippen LogP contribution in [-0.4, -0.2) is 0 Å². The third-order valence-electron chi connectivity index (χ3n) is 13.4. The van der Waals surface area contributed by atoms with Gasteiger partial charge in [0.1, 0.15) is 0 Å². The Balaban J connectivity index is 0.955. The molecule has 0 saturated carbocycles. The molecular weight excluding hydrogens is 779 g/mol. The van der Waals surface area contributed by atoms with Crippen LogP contribution in [0.2, 0.25) is 0 Å². The van der Waals surface area contributed by atoms with E-state index >= 15 is 0 Å². The van der Waals surface area contributed by atoms with E-state index < -0.39 is 5.41 Å². The third-order valence-corrected chi connectivity index (χ3v) is 13.4. The lowest BCUT2D eigenvalue weighted by Crippen LogP contribution is -2.25. The number of hydrogen-bond acceptors (Lipinski definition) is 3. The third kappa shape index (κ3) is 5.34. The first-order valence-electron chi connectivity index (χ1n) is 21.9. The number of benzene rings is 10. The fourth-order valence-corrected chi connectivity index (χ4v) is 10.7. The topological polar surface area (TPSA) is 21.7 Å². The second-order valence-electron chi connectivity index (χ2n) is 16.7. The van der Waals surface area contributed by atoms with Crippen molar-refractivity contribution in [1.82, 2.24) is 0 Å². The summed E-state index contributed by atoms with van der Waals surface area (Å²) in [6.45, 7) is 0. The van der Waals surface area contributed by atoms with Gasteiger partial charge in [0.15, 0.2) is 23.0 Å². The predicted octanol–water partition coefficient (Wildman–Crippen LogP) is 16.4. The fraction of sp³-hybridized carbons (Fsp3) is 0.0164. The molecular formula is C61H39NO2. The zero-order chi connectivity index (χ0) is 42.2. The number of anilines is 3. The molecule has 0 unspecified atom stereocenters. The molecule has 0 saturated heterocycles. The second kappa shape index (κ2) is 14.3. The zero-order valence-electron chi connectivity index (χ0n) is 34.8. The molecule has 1 aliphatic heterocycles. The van der Waals surface area contributed by atoms with Gasteiger partial charge < -0.3 is 14.4 Å².